The fraction of sp³-hybridized carbons (Fsp3) is 0.400. The number of urea groups is 1. The van der Waals surface area contributed by atoms with Gasteiger partial charge in [-0.05, 0) is 44.2 Å². The number of piperidine rings is 1. The lowest BCUT2D eigenvalue weighted by atomic mass is 9.92. The number of nitrogens with one attached hydrogen (secondary N) is 3. The minimum Gasteiger partial charge on any atom is -0.368 e. The third-order valence-electron chi connectivity index (χ3n) is 5.16. The number of aromatic nitrogens is 4. The minimum atomic E-state index is -0.486. The van der Waals surface area contributed by atoms with E-state index in [4.69, 9.17) is 4.52 Å². The zero-order valence-corrected chi connectivity index (χ0v) is 16.7. The van der Waals surface area contributed by atoms with Crippen molar-refractivity contribution < 1.29 is 13.7 Å². The quantitative estimate of drug-likeness (QED) is 0.535. The average Bonchev–Trinajstić information content (AvgIpc) is 3.41. The summed E-state index contributed by atoms with van der Waals surface area (Å²) in [5.74, 6) is 0.813. The number of aromatic amines is 1. The van der Waals surface area contributed by atoms with Crippen molar-refractivity contribution in [3.8, 4) is 11.5 Å². The normalized spacial score (nSPS) is 14.7. The molecule has 0 spiro atoms. The van der Waals surface area contributed by atoms with Crippen LogP contribution in [0.1, 0.15) is 25.5 Å². The molecule has 10 heteroatoms. The first-order valence-electron chi connectivity index (χ1n) is 10.0. The Morgan fingerprint density at radius 3 is 2.90 bits per heavy atom. The molecule has 1 saturated heterocycles. The molecule has 158 valence electrons. The molecular formula is C20H24FN7O2. The highest BCUT2D eigenvalue weighted by Gasteiger charge is 2.23. The van der Waals surface area contributed by atoms with Gasteiger partial charge < -0.3 is 19.7 Å². The molecule has 3 aromatic heterocycles. The van der Waals surface area contributed by atoms with Crippen LogP contribution in [0.25, 0.3) is 11.5 Å². The molecule has 0 atom stereocenters. The Morgan fingerprint density at radius 1 is 1.37 bits per heavy atom. The van der Waals surface area contributed by atoms with E-state index in [9.17, 15) is 9.18 Å². The summed E-state index contributed by atoms with van der Waals surface area (Å²) < 4.78 is 19.7. The van der Waals surface area contributed by atoms with Gasteiger partial charge in [-0.2, -0.15) is 4.39 Å². The number of amides is 2. The lowest BCUT2D eigenvalue weighted by molar-refractivity contribution is 0.251. The number of carbonyl (C=O) groups excluding carboxylic acids is 1. The van der Waals surface area contributed by atoms with Gasteiger partial charge in [-0.3, -0.25) is 5.32 Å². The summed E-state index contributed by atoms with van der Waals surface area (Å²) in [5, 5.41) is 9.28. The van der Waals surface area contributed by atoms with Crippen LogP contribution in [0.15, 0.2) is 35.1 Å². The number of hydrogen-bond acceptors (Lipinski definition) is 6. The zero-order chi connectivity index (χ0) is 20.9. The molecule has 0 saturated carbocycles. The number of pyridine rings is 1. The lowest BCUT2D eigenvalue weighted by Crippen LogP contribution is -2.35. The molecular weight excluding hydrogens is 389 g/mol. The van der Waals surface area contributed by atoms with E-state index in [-0.39, 0.29) is 6.03 Å². The van der Waals surface area contributed by atoms with Crippen LogP contribution in [0.5, 0.6) is 0 Å². The van der Waals surface area contributed by atoms with Gasteiger partial charge in [0.1, 0.15) is 5.69 Å². The minimum absolute atomic E-state index is 0.317. The molecule has 2 amide bonds. The van der Waals surface area contributed by atoms with E-state index in [2.05, 4.69) is 30.7 Å². The first-order valence-corrected chi connectivity index (χ1v) is 10.0. The number of halogens is 1. The van der Waals surface area contributed by atoms with Gasteiger partial charge in [0.15, 0.2) is 5.82 Å². The maximum atomic E-state index is 14.6. The summed E-state index contributed by atoms with van der Waals surface area (Å²) in [6.07, 6.45) is 5.87. The van der Waals surface area contributed by atoms with Gasteiger partial charge in [-0.1, -0.05) is 5.16 Å². The highest BCUT2D eigenvalue weighted by molar-refractivity contribution is 5.87. The number of anilines is 2. The largest absolute Gasteiger partial charge is 0.368 e. The molecule has 0 aromatic carbocycles. The third-order valence-corrected chi connectivity index (χ3v) is 5.16. The fourth-order valence-corrected chi connectivity index (χ4v) is 3.66. The van der Waals surface area contributed by atoms with Crippen LogP contribution in [0.4, 0.5) is 20.8 Å². The van der Waals surface area contributed by atoms with Gasteiger partial charge in [0.2, 0.25) is 11.8 Å². The van der Waals surface area contributed by atoms with Crippen LogP contribution >= 0.6 is 0 Å². The molecule has 4 heterocycles. The Labute approximate surface area is 173 Å². The number of hydrogen-bond donors (Lipinski definition) is 3. The Morgan fingerprint density at radius 2 is 2.20 bits per heavy atom. The molecule has 1 fully saturated rings. The van der Waals surface area contributed by atoms with Gasteiger partial charge >= 0.3 is 6.03 Å². The maximum absolute atomic E-state index is 14.6. The molecule has 0 bridgehead atoms. The van der Waals surface area contributed by atoms with Gasteiger partial charge in [0.25, 0.3) is 0 Å². The second kappa shape index (κ2) is 8.93. The number of H-pyrrole nitrogens is 1. The average molecular weight is 413 g/mol. The van der Waals surface area contributed by atoms with Crippen molar-refractivity contribution in [3.63, 3.8) is 0 Å². The topological polar surface area (TPSA) is 112 Å². The molecule has 9 nitrogen and oxygen atoms in total. The first kappa shape index (κ1) is 19.9. The summed E-state index contributed by atoms with van der Waals surface area (Å²) >= 11 is 0. The van der Waals surface area contributed by atoms with E-state index >= 15 is 0 Å². The first-order chi connectivity index (χ1) is 14.6. The summed E-state index contributed by atoms with van der Waals surface area (Å²) in [7, 11) is 0. The number of rotatable bonds is 6. The molecule has 0 radical (unpaired) electrons. The summed E-state index contributed by atoms with van der Waals surface area (Å²) in [4.78, 5) is 24.7. The molecule has 3 N–H and O–H groups in total. The predicted octanol–water partition coefficient (Wildman–Crippen LogP) is 3.20. The zero-order valence-electron chi connectivity index (χ0n) is 16.7. The van der Waals surface area contributed by atoms with Crippen molar-refractivity contribution in [1.29, 1.82) is 0 Å². The van der Waals surface area contributed by atoms with Crippen LogP contribution in [0.2, 0.25) is 0 Å². The van der Waals surface area contributed by atoms with Crippen LogP contribution in [0, 0.1) is 11.9 Å². The molecule has 1 aliphatic rings. The van der Waals surface area contributed by atoms with Gasteiger partial charge in [-0.25, -0.2) is 14.8 Å². The summed E-state index contributed by atoms with van der Waals surface area (Å²) in [6, 6.07) is 4.97. The summed E-state index contributed by atoms with van der Waals surface area (Å²) in [6.45, 7) is 3.86. The smallest absolute Gasteiger partial charge is 0.321 e. The van der Waals surface area contributed by atoms with E-state index < -0.39 is 5.95 Å². The van der Waals surface area contributed by atoms with Crippen LogP contribution in [-0.4, -0.2) is 45.8 Å². The highest BCUT2D eigenvalue weighted by atomic mass is 19.1. The van der Waals surface area contributed by atoms with Crippen LogP contribution < -0.4 is 15.5 Å². The third kappa shape index (κ3) is 4.58. The Balaban J connectivity index is 1.31. The van der Waals surface area contributed by atoms with Crippen molar-refractivity contribution in [3.05, 3.63) is 42.2 Å². The second-order valence-electron chi connectivity index (χ2n) is 7.25. The Kier molecular flexibility index (Phi) is 5.92. The molecule has 30 heavy (non-hydrogen) atoms. The van der Waals surface area contributed by atoms with E-state index in [1.54, 1.807) is 30.6 Å². The van der Waals surface area contributed by atoms with Crippen LogP contribution in [-0.2, 0) is 6.42 Å². The predicted molar refractivity (Wildman–Crippen MR) is 110 cm³/mol. The van der Waals surface area contributed by atoms with Gasteiger partial charge in [0, 0.05) is 38.1 Å². The van der Waals surface area contributed by atoms with Crippen molar-refractivity contribution in [2.45, 2.75) is 26.2 Å². The SMILES string of the molecule is CCNC(=O)Nc1cc(CC2CCN(c3ccc(-c4ncc[nH]4)nc3F)CC2)no1. The van der Waals surface area contributed by atoms with Gasteiger partial charge in [0.05, 0.1) is 11.4 Å². The molecule has 0 aliphatic carbocycles. The number of carbonyl (C=O) groups is 1. The summed E-state index contributed by atoms with van der Waals surface area (Å²) in [5.41, 5.74) is 1.80. The Bertz CT molecular complexity index is 981. The number of imidazole rings is 1. The van der Waals surface area contributed by atoms with Gasteiger partial charge in [-0.15, -0.1) is 0 Å². The molecule has 1 aliphatic heterocycles. The highest BCUT2D eigenvalue weighted by Crippen LogP contribution is 2.28. The Hall–Kier alpha value is -3.43. The second-order valence-corrected chi connectivity index (χ2v) is 7.25. The molecule has 4 rings (SSSR count). The van der Waals surface area contributed by atoms with Crippen molar-refractivity contribution >= 4 is 17.6 Å². The van der Waals surface area contributed by atoms with E-state index in [1.165, 1.54) is 0 Å². The van der Waals surface area contributed by atoms with Crippen molar-refractivity contribution in [2.24, 2.45) is 5.92 Å². The molecule has 3 aromatic rings. The van der Waals surface area contributed by atoms with Crippen molar-refractivity contribution in [1.82, 2.24) is 25.4 Å². The van der Waals surface area contributed by atoms with Crippen LogP contribution in [0.3, 0.4) is 0 Å². The van der Waals surface area contributed by atoms with E-state index in [1.807, 2.05) is 11.8 Å². The van der Waals surface area contributed by atoms with Crippen molar-refractivity contribution in [2.75, 3.05) is 29.9 Å². The maximum Gasteiger partial charge on any atom is 0.321 e. The lowest BCUT2D eigenvalue weighted by Gasteiger charge is -2.33. The fourth-order valence-electron chi connectivity index (χ4n) is 3.66. The monoisotopic (exact) mass is 413 g/mol. The van der Waals surface area contributed by atoms with E-state index in [0.29, 0.717) is 35.6 Å². The van der Waals surface area contributed by atoms with E-state index in [0.717, 1.165) is 38.0 Å². The standard InChI is InChI=1S/C20H24FN7O2/c1-2-22-20(29)26-17-12-14(27-30-17)11-13-5-9-28(10-6-13)16-4-3-15(25-18(16)21)19-23-7-8-24-19/h3-4,7-8,12-13H,2,5-6,9-11H2,1H3,(H,23,24)(H2,22,26,29). The number of nitrogens with zero attached hydrogens (tertiary/aromatic N) is 4. The molecule has 0 unspecified atom stereocenters.